The minimum absolute atomic E-state index is 0.139. The number of hydrogen-bond acceptors (Lipinski definition) is 6. The second-order valence-corrected chi connectivity index (χ2v) is 8.58. The highest BCUT2D eigenvalue weighted by Gasteiger charge is 2.34. The van der Waals surface area contributed by atoms with Crippen LogP contribution in [-0.4, -0.2) is 44.0 Å². The highest BCUT2D eigenvalue weighted by molar-refractivity contribution is 8.01. The molecule has 1 aromatic rings. The van der Waals surface area contributed by atoms with Gasteiger partial charge < -0.3 is 16.4 Å². The van der Waals surface area contributed by atoms with E-state index in [0.717, 1.165) is 5.75 Å². The summed E-state index contributed by atoms with van der Waals surface area (Å²) in [4.78, 5) is 13.3. The summed E-state index contributed by atoms with van der Waals surface area (Å²) in [5.74, 6) is 0.465. The maximum Gasteiger partial charge on any atom is 0.250 e. The van der Waals surface area contributed by atoms with Gasteiger partial charge in [0.2, 0.25) is 0 Å². The number of anilines is 2. The molecule has 1 aromatic carbocycles. The Hall–Kier alpha value is -1.12. The van der Waals surface area contributed by atoms with Crippen molar-refractivity contribution in [3.8, 4) is 0 Å². The van der Waals surface area contributed by atoms with Crippen LogP contribution < -0.4 is 16.4 Å². The van der Waals surface area contributed by atoms with E-state index in [1.165, 1.54) is 18.4 Å². The van der Waals surface area contributed by atoms with Gasteiger partial charge in [0.15, 0.2) is 9.84 Å². The number of nitrogens with two attached hydrogens (primary N) is 2. The normalized spacial score (nSPS) is 19.5. The van der Waals surface area contributed by atoms with Gasteiger partial charge in [-0.1, -0.05) is 11.6 Å². The molecule has 21 heavy (non-hydrogen) atoms. The summed E-state index contributed by atoms with van der Waals surface area (Å²) >= 11 is 7.74. The van der Waals surface area contributed by atoms with Gasteiger partial charge in [-0.15, -0.1) is 0 Å². The number of amides is 1. The number of primary amides is 1. The zero-order valence-corrected chi connectivity index (χ0v) is 13.8. The van der Waals surface area contributed by atoms with Crippen LogP contribution >= 0.6 is 23.4 Å². The Labute approximate surface area is 132 Å². The van der Waals surface area contributed by atoms with E-state index in [0.29, 0.717) is 23.7 Å². The van der Waals surface area contributed by atoms with E-state index in [1.807, 2.05) is 0 Å². The Morgan fingerprint density at radius 2 is 2.14 bits per heavy atom. The van der Waals surface area contributed by atoms with Gasteiger partial charge in [0.25, 0.3) is 5.91 Å². The second kappa shape index (κ2) is 5.94. The zero-order chi connectivity index (χ0) is 15.8. The third kappa shape index (κ3) is 3.38. The lowest BCUT2D eigenvalue weighted by atomic mass is 10.1. The molecule has 1 saturated heterocycles. The minimum Gasteiger partial charge on any atom is -0.399 e. The van der Waals surface area contributed by atoms with Crippen molar-refractivity contribution >= 4 is 50.5 Å². The molecule has 116 valence electrons. The Bertz CT molecular complexity index is 679. The standard InChI is InChI=1S/C12H16ClN3O3S2/c1-21(18,19)10-6-20-3-2-16(10)11-8(12(15)17)4-7(14)5-9(11)13/h4-5,10H,2-3,6,14H2,1H3,(H2,15,17). The van der Waals surface area contributed by atoms with Crippen molar-refractivity contribution < 1.29 is 13.2 Å². The predicted molar refractivity (Wildman–Crippen MR) is 87.7 cm³/mol. The molecule has 1 atom stereocenters. The van der Waals surface area contributed by atoms with Crippen LogP contribution in [-0.2, 0) is 9.84 Å². The SMILES string of the molecule is CS(=O)(=O)C1CSCCN1c1c(Cl)cc(N)cc1C(N)=O. The fourth-order valence-electron chi connectivity index (χ4n) is 2.29. The van der Waals surface area contributed by atoms with Crippen LogP contribution in [0.2, 0.25) is 5.02 Å². The Kier molecular flexibility index (Phi) is 4.60. The molecule has 0 bridgehead atoms. The number of carbonyl (C=O) groups excluding carboxylic acids is 1. The van der Waals surface area contributed by atoms with Crippen molar-refractivity contribution in [3.05, 3.63) is 22.7 Å². The van der Waals surface area contributed by atoms with Gasteiger partial charge in [0.1, 0.15) is 5.37 Å². The number of nitrogens with zero attached hydrogens (tertiary/aromatic N) is 1. The first-order valence-electron chi connectivity index (χ1n) is 6.14. The van der Waals surface area contributed by atoms with Crippen molar-refractivity contribution in [3.63, 3.8) is 0 Å². The minimum atomic E-state index is -3.33. The number of halogens is 1. The van der Waals surface area contributed by atoms with E-state index in [-0.39, 0.29) is 10.6 Å². The summed E-state index contributed by atoms with van der Waals surface area (Å²) in [5.41, 5.74) is 11.8. The summed E-state index contributed by atoms with van der Waals surface area (Å²) in [6.07, 6.45) is 1.17. The largest absolute Gasteiger partial charge is 0.399 e. The fraction of sp³-hybridized carbons (Fsp3) is 0.417. The molecule has 9 heteroatoms. The zero-order valence-electron chi connectivity index (χ0n) is 11.4. The van der Waals surface area contributed by atoms with Crippen molar-refractivity contribution in [1.29, 1.82) is 0 Å². The lowest BCUT2D eigenvalue weighted by Gasteiger charge is -2.37. The van der Waals surface area contributed by atoms with E-state index in [2.05, 4.69) is 0 Å². The molecule has 0 spiro atoms. The molecule has 1 aliphatic rings. The van der Waals surface area contributed by atoms with Crippen LogP contribution in [0.3, 0.4) is 0 Å². The Morgan fingerprint density at radius 3 is 2.71 bits per heavy atom. The maximum absolute atomic E-state index is 12.0. The Morgan fingerprint density at radius 1 is 1.48 bits per heavy atom. The molecule has 0 radical (unpaired) electrons. The summed E-state index contributed by atoms with van der Waals surface area (Å²) in [7, 11) is -3.33. The number of carbonyl (C=O) groups is 1. The smallest absolute Gasteiger partial charge is 0.250 e. The fourth-order valence-corrected chi connectivity index (χ4v) is 5.45. The van der Waals surface area contributed by atoms with Crippen molar-refractivity contribution in [2.24, 2.45) is 5.73 Å². The van der Waals surface area contributed by atoms with Crippen LogP contribution in [0.15, 0.2) is 12.1 Å². The molecule has 2 rings (SSSR count). The van der Waals surface area contributed by atoms with Gasteiger partial charge in [-0.3, -0.25) is 4.79 Å². The van der Waals surface area contributed by atoms with Crippen molar-refractivity contribution in [2.75, 3.05) is 34.9 Å². The van der Waals surface area contributed by atoms with E-state index in [4.69, 9.17) is 23.1 Å². The third-order valence-corrected chi connectivity index (χ3v) is 6.15. The van der Waals surface area contributed by atoms with Crippen LogP contribution in [0.5, 0.6) is 0 Å². The molecule has 0 saturated carbocycles. The highest BCUT2D eigenvalue weighted by atomic mass is 35.5. The van der Waals surface area contributed by atoms with Gasteiger partial charge in [0, 0.05) is 30.0 Å². The average Bonchev–Trinajstić information content (AvgIpc) is 2.36. The molecule has 1 fully saturated rings. The summed E-state index contributed by atoms with van der Waals surface area (Å²) < 4.78 is 24.0. The van der Waals surface area contributed by atoms with E-state index < -0.39 is 21.1 Å². The van der Waals surface area contributed by atoms with Gasteiger partial charge in [0.05, 0.1) is 16.3 Å². The number of rotatable bonds is 3. The highest BCUT2D eigenvalue weighted by Crippen LogP contribution is 2.36. The molecule has 1 amide bonds. The van der Waals surface area contributed by atoms with Gasteiger partial charge in [-0.2, -0.15) is 11.8 Å². The maximum atomic E-state index is 12.0. The molecule has 0 aromatic heterocycles. The van der Waals surface area contributed by atoms with E-state index in [9.17, 15) is 13.2 Å². The first-order chi connectivity index (χ1) is 9.71. The quantitative estimate of drug-likeness (QED) is 0.787. The number of benzene rings is 1. The molecule has 1 unspecified atom stereocenters. The third-order valence-electron chi connectivity index (χ3n) is 3.22. The van der Waals surface area contributed by atoms with Crippen molar-refractivity contribution in [2.45, 2.75) is 5.37 Å². The summed E-state index contributed by atoms with van der Waals surface area (Å²) in [6.45, 7) is 0.465. The molecule has 4 N–H and O–H groups in total. The summed E-state index contributed by atoms with van der Waals surface area (Å²) in [5, 5.41) is -0.514. The van der Waals surface area contributed by atoms with Crippen LogP contribution in [0.1, 0.15) is 10.4 Å². The van der Waals surface area contributed by atoms with Crippen LogP contribution in [0.4, 0.5) is 11.4 Å². The first kappa shape index (κ1) is 16.3. The lowest BCUT2D eigenvalue weighted by molar-refractivity contribution is 0.100. The van der Waals surface area contributed by atoms with Gasteiger partial charge in [-0.25, -0.2) is 8.42 Å². The van der Waals surface area contributed by atoms with Crippen LogP contribution in [0.25, 0.3) is 0 Å². The molecular weight excluding hydrogens is 334 g/mol. The number of sulfone groups is 1. The molecular formula is C12H16ClN3O3S2. The monoisotopic (exact) mass is 349 g/mol. The Balaban J connectivity index is 2.61. The number of nitrogen functional groups attached to an aromatic ring is 1. The topological polar surface area (TPSA) is 106 Å². The average molecular weight is 350 g/mol. The summed E-state index contributed by atoms with van der Waals surface area (Å²) in [6, 6.07) is 2.91. The van der Waals surface area contributed by atoms with E-state index in [1.54, 1.807) is 16.7 Å². The molecule has 1 heterocycles. The van der Waals surface area contributed by atoms with E-state index >= 15 is 0 Å². The second-order valence-electron chi connectivity index (χ2n) is 4.82. The molecule has 1 aliphatic heterocycles. The number of thioether (sulfide) groups is 1. The van der Waals surface area contributed by atoms with Gasteiger partial charge >= 0.3 is 0 Å². The predicted octanol–water partition coefficient (Wildman–Crippen LogP) is 0.945. The van der Waals surface area contributed by atoms with Crippen molar-refractivity contribution in [1.82, 2.24) is 0 Å². The number of hydrogen-bond donors (Lipinski definition) is 2. The molecule has 0 aliphatic carbocycles. The lowest BCUT2D eigenvalue weighted by Crippen LogP contribution is -2.47. The van der Waals surface area contributed by atoms with Gasteiger partial charge in [-0.05, 0) is 12.1 Å². The first-order valence-corrected chi connectivity index (χ1v) is 9.62. The molecule has 6 nitrogen and oxygen atoms in total. The van der Waals surface area contributed by atoms with Crippen LogP contribution in [0, 0.1) is 0 Å².